The van der Waals surface area contributed by atoms with Crippen LogP contribution in [0.1, 0.15) is 25.5 Å². The van der Waals surface area contributed by atoms with Gasteiger partial charge < -0.3 is 19.4 Å². The first-order chi connectivity index (χ1) is 14.2. The quantitative estimate of drug-likeness (QED) is 0.590. The van der Waals surface area contributed by atoms with Crippen molar-refractivity contribution in [3.63, 3.8) is 0 Å². The molecule has 0 radical (unpaired) electrons. The Hall–Kier alpha value is -3.00. The van der Waals surface area contributed by atoms with Gasteiger partial charge in [-0.05, 0) is 30.7 Å². The predicted molar refractivity (Wildman–Crippen MR) is 118 cm³/mol. The molecule has 160 valence electrons. The van der Waals surface area contributed by atoms with E-state index in [4.69, 9.17) is 9.47 Å². The van der Waals surface area contributed by atoms with E-state index in [-0.39, 0.29) is 11.7 Å². The van der Waals surface area contributed by atoms with E-state index in [1.54, 1.807) is 13.2 Å². The minimum Gasteiger partial charge on any atom is -0.493 e. The highest BCUT2D eigenvalue weighted by molar-refractivity contribution is 7.90. The van der Waals surface area contributed by atoms with E-state index in [0.29, 0.717) is 23.8 Å². The Morgan fingerprint density at radius 1 is 1.17 bits per heavy atom. The highest BCUT2D eigenvalue weighted by atomic mass is 32.2. The monoisotopic (exact) mass is 430 g/mol. The lowest BCUT2D eigenvalue weighted by Gasteiger charge is -2.20. The second-order valence-electron chi connectivity index (χ2n) is 7.15. The van der Waals surface area contributed by atoms with Crippen LogP contribution in [-0.2, 0) is 14.6 Å². The summed E-state index contributed by atoms with van der Waals surface area (Å²) in [5.41, 5.74) is 1.47. The zero-order valence-electron chi connectivity index (χ0n) is 17.5. The van der Waals surface area contributed by atoms with E-state index in [1.165, 1.54) is 13.2 Å². The number of sulfone groups is 1. The molecule has 1 N–H and O–H groups in total. The molecule has 0 aliphatic rings. The first kappa shape index (κ1) is 21.7. The molecule has 0 fully saturated rings. The maximum absolute atomic E-state index is 12.2. The lowest BCUT2D eigenvalue weighted by atomic mass is 10.1. The molecule has 0 aliphatic heterocycles. The number of nitrogens with one attached hydrogen (secondary N) is 1. The molecular weight excluding hydrogens is 404 g/mol. The summed E-state index contributed by atoms with van der Waals surface area (Å²) >= 11 is 0. The summed E-state index contributed by atoms with van der Waals surface area (Å²) in [6.07, 6.45) is 4.97. The number of aromatic nitrogens is 1. The Bertz CT molecular complexity index is 1170. The van der Waals surface area contributed by atoms with Gasteiger partial charge in [0.1, 0.15) is 9.84 Å². The Kier molecular flexibility index (Phi) is 6.36. The summed E-state index contributed by atoms with van der Waals surface area (Å²) in [4.78, 5) is 11.5. The van der Waals surface area contributed by atoms with Crippen molar-refractivity contribution in [3.8, 4) is 11.5 Å². The second kappa shape index (κ2) is 8.79. The Labute approximate surface area is 176 Å². The number of methoxy groups -OCH3 is 1. The number of fused-ring (bicyclic) bond motifs is 1. The van der Waals surface area contributed by atoms with Crippen molar-refractivity contribution >= 4 is 32.2 Å². The molecule has 7 nitrogen and oxygen atoms in total. The number of hydrogen-bond acceptors (Lipinski definition) is 5. The molecule has 8 heteroatoms. The molecule has 0 unspecified atom stereocenters. The SMILES string of the molecule is CCOc1cc([C@@H](CS(C)(=O)=O)n2cc3cccc(NC(C)=O)c3c2)ccc1OC. The molecule has 1 aromatic heterocycles. The second-order valence-corrected chi connectivity index (χ2v) is 9.33. The molecule has 0 bridgehead atoms. The van der Waals surface area contributed by atoms with Gasteiger partial charge in [0, 0.05) is 36.3 Å². The smallest absolute Gasteiger partial charge is 0.221 e. The molecule has 1 atom stereocenters. The van der Waals surface area contributed by atoms with Crippen molar-refractivity contribution in [3.05, 3.63) is 54.4 Å². The van der Waals surface area contributed by atoms with E-state index in [2.05, 4.69) is 5.32 Å². The molecule has 2 aromatic carbocycles. The summed E-state index contributed by atoms with van der Waals surface area (Å²) in [5, 5.41) is 4.56. The standard InChI is InChI=1S/C22H26N2O5S/c1-5-29-22-11-16(9-10-21(22)28-3)20(14-30(4,26)27)24-12-17-7-6-8-19(18(17)13-24)23-15(2)25/h6-13,20H,5,14H2,1-4H3,(H,23,25)/t20-/m1/s1. The van der Waals surface area contributed by atoms with Gasteiger partial charge in [-0.15, -0.1) is 0 Å². The Balaban J connectivity index is 2.13. The van der Waals surface area contributed by atoms with Gasteiger partial charge in [0.15, 0.2) is 11.5 Å². The number of anilines is 1. The third-order valence-corrected chi connectivity index (χ3v) is 5.63. The highest BCUT2D eigenvalue weighted by Gasteiger charge is 2.22. The van der Waals surface area contributed by atoms with Gasteiger partial charge in [-0.3, -0.25) is 4.79 Å². The number of nitrogens with zero attached hydrogens (tertiary/aromatic N) is 1. The third-order valence-electron chi connectivity index (χ3n) is 4.71. The summed E-state index contributed by atoms with van der Waals surface area (Å²) < 4.78 is 37.3. The van der Waals surface area contributed by atoms with E-state index in [1.807, 2.05) is 54.2 Å². The topological polar surface area (TPSA) is 86.6 Å². The molecule has 0 saturated carbocycles. The number of hydrogen-bond donors (Lipinski definition) is 1. The van der Waals surface area contributed by atoms with Gasteiger partial charge in [-0.25, -0.2) is 8.42 Å². The lowest BCUT2D eigenvalue weighted by molar-refractivity contribution is -0.114. The maximum Gasteiger partial charge on any atom is 0.221 e. The van der Waals surface area contributed by atoms with Crippen LogP contribution in [0, 0.1) is 0 Å². The van der Waals surface area contributed by atoms with Crippen LogP contribution >= 0.6 is 0 Å². The van der Waals surface area contributed by atoms with Crippen LogP contribution in [0.5, 0.6) is 11.5 Å². The molecular formula is C22H26N2O5S. The van der Waals surface area contributed by atoms with E-state index < -0.39 is 15.9 Å². The Morgan fingerprint density at radius 2 is 1.93 bits per heavy atom. The van der Waals surface area contributed by atoms with Crippen molar-refractivity contribution in [2.75, 3.05) is 31.0 Å². The minimum atomic E-state index is -3.29. The van der Waals surface area contributed by atoms with Crippen molar-refractivity contribution in [2.45, 2.75) is 19.9 Å². The van der Waals surface area contributed by atoms with Crippen molar-refractivity contribution < 1.29 is 22.7 Å². The van der Waals surface area contributed by atoms with Gasteiger partial charge in [0.05, 0.1) is 31.2 Å². The minimum absolute atomic E-state index is 0.0820. The van der Waals surface area contributed by atoms with Gasteiger partial charge in [-0.2, -0.15) is 0 Å². The average molecular weight is 431 g/mol. The number of benzene rings is 2. The third kappa shape index (κ3) is 4.94. The summed E-state index contributed by atoms with van der Waals surface area (Å²) in [6.45, 7) is 3.79. The van der Waals surface area contributed by atoms with Crippen LogP contribution in [0.15, 0.2) is 48.8 Å². The van der Waals surface area contributed by atoms with Gasteiger partial charge in [-0.1, -0.05) is 18.2 Å². The average Bonchev–Trinajstić information content (AvgIpc) is 3.10. The zero-order valence-corrected chi connectivity index (χ0v) is 18.3. The van der Waals surface area contributed by atoms with E-state index in [9.17, 15) is 13.2 Å². The number of carbonyl (C=O) groups excluding carboxylic acids is 1. The normalized spacial score (nSPS) is 12.5. The van der Waals surface area contributed by atoms with Gasteiger partial charge in [0.25, 0.3) is 0 Å². The van der Waals surface area contributed by atoms with E-state index >= 15 is 0 Å². The fraction of sp³-hybridized carbons (Fsp3) is 0.318. The molecule has 30 heavy (non-hydrogen) atoms. The van der Waals surface area contributed by atoms with Crippen LogP contribution < -0.4 is 14.8 Å². The number of carbonyl (C=O) groups is 1. The fourth-order valence-corrected chi connectivity index (χ4v) is 4.41. The van der Waals surface area contributed by atoms with Crippen LogP contribution in [-0.4, -0.2) is 44.6 Å². The number of ether oxygens (including phenoxy) is 2. The lowest BCUT2D eigenvalue weighted by Crippen LogP contribution is -2.19. The Morgan fingerprint density at radius 3 is 2.57 bits per heavy atom. The van der Waals surface area contributed by atoms with Crippen LogP contribution in [0.2, 0.25) is 0 Å². The molecule has 0 spiro atoms. The molecule has 1 amide bonds. The van der Waals surface area contributed by atoms with Gasteiger partial charge >= 0.3 is 0 Å². The van der Waals surface area contributed by atoms with Crippen molar-refractivity contribution in [1.29, 1.82) is 0 Å². The number of rotatable bonds is 8. The van der Waals surface area contributed by atoms with Crippen molar-refractivity contribution in [2.24, 2.45) is 0 Å². The molecule has 0 aliphatic carbocycles. The zero-order chi connectivity index (χ0) is 21.9. The highest BCUT2D eigenvalue weighted by Crippen LogP contribution is 2.34. The molecule has 3 aromatic rings. The van der Waals surface area contributed by atoms with Crippen LogP contribution in [0.4, 0.5) is 5.69 Å². The summed E-state index contributed by atoms with van der Waals surface area (Å²) in [5.74, 6) is 0.900. The first-order valence-corrected chi connectivity index (χ1v) is 11.6. The number of amides is 1. The first-order valence-electron chi connectivity index (χ1n) is 9.58. The van der Waals surface area contributed by atoms with Crippen LogP contribution in [0.25, 0.3) is 10.8 Å². The van der Waals surface area contributed by atoms with E-state index in [0.717, 1.165) is 16.3 Å². The predicted octanol–water partition coefficient (Wildman–Crippen LogP) is 3.64. The largest absolute Gasteiger partial charge is 0.493 e. The maximum atomic E-state index is 12.2. The summed E-state index contributed by atoms with van der Waals surface area (Å²) in [7, 11) is -1.73. The molecule has 3 rings (SSSR count). The summed E-state index contributed by atoms with van der Waals surface area (Å²) in [6, 6.07) is 10.6. The molecule has 1 heterocycles. The fourth-order valence-electron chi connectivity index (χ4n) is 3.48. The van der Waals surface area contributed by atoms with Gasteiger partial charge in [0.2, 0.25) is 5.91 Å². The molecule has 0 saturated heterocycles. The van der Waals surface area contributed by atoms with Crippen LogP contribution in [0.3, 0.4) is 0 Å². The van der Waals surface area contributed by atoms with Crippen molar-refractivity contribution in [1.82, 2.24) is 4.57 Å².